The van der Waals surface area contributed by atoms with Crippen LogP contribution in [0.15, 0.2) is 66.9 Å². The summed E-state index contributed by atoms with van der Waals surface area (Å²) in [6.07, 6.45) is 2.87. The minimum atomic E-state index is 0.0227. The maximum Gasteiger partial charge on any atom is 0.223 e. The molecule has 0 spiro atoms. The van der Waals surface area contributed by atoms with Crippen LogP contribution in [0.2, 0.25) is 0 Å². The standard InChI is InChI=1S/C22H25N3O/c1-3-17(2)22(26)23-14-20-16-25(15-18-10-6-4-7-11-18)24-21(20)19-12-8-5-9-13-19/h4-13,16-17H,3,14-15H2,1-2H3,(H,23,26). The quantitative estimate of drug-likeness (QED) is 0.694. The van der Waals surface area contributed by atoms with Crippen LogP contribution < -0.4 is 5.32 Å². The number of hydrogen-bond donors (Lipinski definition) is 1. The zero-order valence-corrected chi connectivity index (χ0v) is 15.4. The molecule has 4 nitrogen and oxygen atoms in total. The summed E-state index contributed by atoms with van der Waals surface area (Å²) in [5, 5.41) is 7.83. The van der Waals surface area contributed by atoms with Crippen molar-refractivity contribution in [2.45, 2.75) is 33.4 Å². The van der Waals surface area contributed by atoms with Crippen LogP contribution in [-0.2, 0) is 17.9 Å². The number of amides is 1. The van der Waals surface area contributed by atoms with Crippen LogP contribution in [0.1, 0.15) is 31.4 Å². The van der Waals surface area contributed by atoms with Crippen molar-refractivity contribution in [2.24, 2.45) is 5.92 Å². The van der Waals surface area contributed by atoms with Gasteiger partial charge in [0.25, 0.3) is 0 Å². The highest BCUT2D eigenvalue weighted by molar-refractivity contribution is 5.78. The Morgan fingerprint density at radius 1 is 1.08 bits per heavy atom. The van der Waals surface area contributed by atoms with Gasteiger partial charge < -0.3 is 5.32 Å². The highest BCUT2D eigenvalue weighted by atomic mass is 16.1. The SMILES string of the molecule is CCC(C)C(=O)NCc1cn(Cc2ccccc2)nc1-c1ccccc1. The van der Waals surface area contributed by atoms with E-state index < -0.39 is 0 Å². The highest BCUT2D eigenvalue weighted by Crippen LogP contribution is 2.22. The predicted octanol–water partition coefficient (Wildman–Crippen LogP) is 4.26. The average Bonchev–Trinajstić information content (AvgIpc) is 3.09. The topological polar surface area (TPSA) is 46.9 Å². The van der Waals surface area contributed by atoms with Gasteiger partial charge in [0, 0.05) is 29.8 Å². The Labute approximate surface area is 154 Å². The van der Waals surface area contributed by atoms with Gasteiger partial charge in [-0.1, -0.05) is 74.5 Å². The van der Waals surface area contributed by atoms with E-state index in [9.17, 15) is 4.79 Å². The average molecular weight is 347 g/mol. The first-order valence-electron chi connectivity index (χ1n) is 9.10. The Balaban J connectivity index is 1.84. The van der Waals surface area contributed by atoms with Crippen molar-refractivity contribution in [1.82, 2.24) is 15.1 Å². The number of carbonyl (C=O) groups is 1. The third-order valence-electron chi connectivity index (χ3n) is 4.59. The normalized spacial score (nSPS) is 11.9. The van der Waals surface area contributed by atoms with Crippen molar-refractivity contribution in [3.63, 3.8) is 0 Å². The van der Waals surface area contributed by atoms with Crippen molar-refractivity contribution >= 4 is 5.91 Å². The lowest BCUT2D eigenvalue weighted by Crippen LogP contribution is -2.28. The maximum atomic E-state index is 12.2. The summed E-state index contributed by atoms with van der Waals surface area (Å²) in [7, 11) is 0. The highest BCUT2D eigenvalue weighted by Gasteiger charge is 2.14. The molecule has 0 saturated heterocycles. The largest absolute Gasteiger partial charge is 0.352 e. The van der Waals surface area contributed by atoms with Crippen molar-refractivity contribution in [3.05, 3.63) is 78.0 Å². The first-order valence-corrected chi connectivity index (χ1v) is 9.10. The second-order valence-electron chi connectivity index (χ2n) is 6.58. The summed E-state index contributed by atoms with van der Waals surface area (Å²) in [4.78, 5) is 12.2. The second kappa shape index (κ2) is 8.48. The molecule has 2 aromatic carbocycles. The van der Waals surface area contributed by atoms with Crippen molar-refractivity contribution < 1.29 is 4.79 Å². The van der Waals surface area contributed by atoms with E-state index in [-0.39, 0.29) is 11.8 Å². The lowest BCUT2D eigenvalue weighted by Gasteiger charge is -2.09. The van der Waals surface area contributed by atoms with Crippen LogP contribution in [0.3, 0.4) is 0 Å². The monoisotopic (exact) mass is 347 g/mol. The second-order valence-corrected chi connectivity index (χ2v) is 6.58. The number of carbonyl (C=O) groups excluding carboxylic acids is 1. The number of nitrogens with zero attached hydrogens (tertiary/aromatic N) is 2. The Morgan fingerprint density at radius 2 is 1.73 bits per heavy atom. The summed E-state index contributed by atoms with van der Waals surface area (Å²) in [6, 6.07) is 20.4. The van der Waals surface area contributed by atoms with Crippen molar-refractivity contribution in [3.8, 4) is 11.3 Å². The fourth-order valence-corrected chi connectivity index (χ4v) is 2.82. The molecule has 26 heavy (non-hydrogen) atoms. The van der Waals surface area contributed by atoms with Crippen molar-refractivity contribution in [2.75, 3.05) is 0 Å². The molecule has 3 aromatic rings. The van der Waals surface area contributed by atoms with Gasteiger partial charge in [-0.25, -0.2) is 0 Å². The molecular weight excluding hydrogens is 322 g/mol. The summed E-state index contributed by atoms with van der Waals surface area (Å²) in [5.74, 6) is 0.108. The molecule has 1 amide bonds. The van der Waals surface area contributed by atoms with Crippen LogP contribution in [0.25, 0.3) is 11.3 Å². The van der Waals surface area contributed by atoms with E-state index >= 15 is 0 Å². The van der Waals surface area contributed by atoms with E-state index in [0.717, 1.165) is 23.2 Å². The van der Waals surface area contributed by atoms with E-state index in [2.05, 4.69) is 29.6 Å². The first kappa shape index (κ1) is 17.9. The van der Waals surface area contributed by atoms with Gasteiger partial charge in [-0.15, -0.1) is 0 Å². The predicted molar refractivity (Wildman–Crippen MR) is 105 cm³/mol. The molecule has 0 aliphatic rings. The van der Waals surface area contributed by atoms with Crippen LogP contribution in [0.4, 0.5) is 0 Å². The Bertz CT molecular complexity index is 840. The third kappa shape index (κ3) is 4.39. The fraction of sp³-hybridized carbons (Fsp3) is 0.273. The molecule has 1 heterocycles. The molecule has 1 aromatic heterocycles. The molecule has 0 fully saturated rings. The summed E-state index contributed by atoms with van der Waals surface area (Å²) >= 11 is 0. The molecule has 0 aliphatic carbocycles. The number of hydrogen-bond acceptors (Lipinski definition) is 2. The smallest absolute Gasteiger partial charge is 0.223 e. The van der Waals surface area contributed by atoms with Gasteiger partial charge in [0.1, 0.15) is 0 Å². The van der Waals surface area contributed by atoms with Gasteiger partial charge in [0.15, 0.2) is 0 Å². The molecule has 0 bridgehead atoms. The minimum absolute atomic E-state index is 0.0227. The molecule has 134 valence electrons. The number of aromatic nitrogens is 2. The van der Waals surface area contributed by atoms with Gasteiger partial charge in [-0.05, 0) is 12.0 Å². The van der Waals surface area contributed by atoms with Crippen LogP contribution >= 0.6 is 0 Å². The molecule has 0 radical (unpaired) electrons. The third-order valence-corrected chi connectivity index (χ3v) is 4.59. The van der Waals surface area contributed by atoms with Crippen LogP contribution in [-0.4, -0.2) is 15.7 Å². The van der Waals surface area contributed by atoms with Gasteiger partial charge in [-0.2, -0.15) is 5.10 Å². The van der Waals surface area contributed by atoms with Crippen LogP contribution in [0, 0.1) is 5.92 Å². The van der Waals surface area contributed by atoms with Crippen molar-refractivity contribution in [1.29, 1.82) is 0 Å². The maximum absolute atomic E-state index is 12.2. The van der Waals surface area contributed by atoms with Gasteiger partial charge in [0.2, 0.25) is 5.91 Å². The van der Waals surface area contributed by atoms with Gasteiger partial charge in [0.05, 0.1) is 12.2 Å². The molecule has 0 saturated carbocycles. The molecule has 4 heteroatoms. The van der Waals surface area contributed by atoms with Gasteiger partial charge in [-0.3, -0.25) is 9.48 Å². The Hall–Kier alpha value is -2.88. The lowest BCUT2D eigenvalue weighted by molar-refractivity contribution is -0.124. The molecular formula is C22H25N3O. The lowest BCUT2D eigenvalue weighted by atomic mass is 10.1. The molecule has 1 atom stereocenters. The zero-order valence-electron chi connectivity index (χ0n) is 15.4. The number of nitrogens with one attached hydrogen (secondary N) is 1. The summed E-state index contributed by atoms with van der Waals surface area (Å²) < 4.78 is 1.95. The van der Waals surface area contributed by atoms with E-state index in [1.54, 1.807) is 0 Å². The first-order chi connectivity index (χ1) is 12.7. The Morgan fingerprint density at radius 3 is 2.38 bits per heavy atom. The van der Waals surface area contributed by atoms with Crippen LogP contribution in [0.5, 0.6) is 0 Å². The Kier molecular flexibility index (Phi) is 5.84. The number of benzene rings is 2. The van der Waals surface area contributed by atoms with Gasteiger partial charge >= 0.3 is 0 Å². The minimum Gasteiger partial charge on any atom is -0.352 e. The molecule has 3 rings (SSSR count). The zero-order chi connectivity index (χ0) is 18.4. The number of rotatable bonds is 7. The summed E-state index contributed by atoms with van der Waals surface area (Å²) in [6.45, 7) is 5.17. The van der Waals surface area contributed by atoms with E-state index in [4.69, 9.17) is 5.10 Å². The molecule has 0 aliphatic heterocycles. The van der Waals surface area contributed by atoms with E-state index in [0.29, 0.717) is 13.1 Å². The molecule has 1 unspecified atom stereocenters. The summed E-state index contributed by atoms with van der Waals surface area (Å²) in [5.41, 5.74) is 4.21. The fourth-order valence-electron chi connectivity index (χ4n) is 2.82. The van der Waals surface area contributed by atoms with E-state index in [1.165, 1.54) is 5.56 Å². The molecule has 1 N–H and O–H groups in total. The van der Waals surface area contributed by atoms with E-state index in [1.807, 2.05) is 61.1 Å².